The van der Waals surface area contributed by atoms with Crippen molar-refractivity contribution in [1.29, 1.82) is 0 Å². The van der Waals surface area contributed by atoms with Gasteiger partial charge in [-0.1, -0.05) is 18.2 Å². The lowest BCUT2D eigenvalue weighted by Crippen LogP contribution is -2.29. The molecule has 1 heterocycles. The molecule has 108 valence electrons. The molecule has 2 aromatic rings. The van der Waals surface area contributed by atoms with Crippen LogP contribution in [0.4, 0.5) is 0 Å². The Bertz CT molecular complexity index is 528. The van der Waals surface area contributed by atoms with Gasteiger partial charge in [0, 0.05) is 37.5 Å². The fourth-order valence-corrected chi connectivity index (χ4v) is 2.23. The van der Waals surface area contributed by atoms with Gasteiger partial charge in [-0.25, -0.2) is 0 Å². The lowest BCUT2D eigenvalue weighted by molar-refractivity contribution is 0.0658. The van der Waals surface area contributed by atoms with Gasteiger partial charge in [-0.15, -0.1) is 0 Å². The maximum Gasteiger partial charge on any atom is 0.0700 e. The van der Waals surface area contributed by atoms with E-state index in [-0.39, 0.29) is 6.04 Å². The van der Waals surface area contributed by atoms with Crippen LogP contribution in [0, 0.1) is 0 Å². The summed E-state index contributed by atoms with van der Waals surface area (Å²) in [5.74, 6) is 5.69. The van der Waals surface area contributed by atoms with Crippen LogP contribution in [-0.2, 0) is 9.47 Å². The van der Waals surface area contributed by atoms with E-state index in [1.165, 1.54) is 10.9 Å². The monoisotopic (exact) mass is 275 g/mol. The lowest BCUT2D eigenvalue weighted by Gasteiger charge is -2.18. The zero-order valence-corrected chi connectivity index (χ0v) is 11.7. The van der Waals surface area contributed by atoms with Crippen LogP contribution >= 0.6 is 0 Å². The van der Waals surface area contributed by atoms with Gasteiger partial charge in [0.25, 0.3) is 0 Å². The first-order valence-corrected chi connectivity index (χ1v) is 6.72. The van der Waals surface area contributed by atoms with Crippen molar-refractivity contribution in [3.63, 3.8) is 0 Å². The van der Waals surface area contributed by atoms with Crippen LogP contribution in [0.3, 0.4) is 0 Å². The smallest absolute Gasteiger partial charge is 0.0700 e. The number of hydrogen-bond donors (Lipinski definition) is 2. The number of nitrogens with zero attached hydrogens (tertiary/aromatic N) is 1. The molecular formula is C15H21N3O2. The van der Waals surface area contributed by atoms with Crippen LogP contribution in [-0.4, -0.2) is 31.9 Å². The molecule has 2 rings (SSSR count). The number of ether oxygens (including phenoxy) is 2. The van der Waals surface area contributed by atoms with Gasteiger partial charge < -0.3 is 9.47 Å². The lowest BCUT2D eigenvalue weighted by atomic mass is 9.98. The molecule has 1 unspecified atom stereocenters. The fourth-order valence-electron chi connectivity index (χ4n) is 2.23. The fraction of sp³-hybridized carbons (Fsp3) is 0.400. The van der Waals surface area contributed by atoms with Crippen molar-refractivity contribution in [2.75, 3.05) is 26.9 Å². The summed E-state index contributed by atoms with van der Waals surface area (Å²) in [6.45, 7) is 1.85. The minimum absolute atomic E-state index is 0.0589. The minimum Gasteiger partial charge on any atom is -0.382 e. The Balaban J connectivity index is 2.05. The molecule has 0 saturated heterocycles. The molecule has 0 bridgehead atoms. The minimum atomic E-state index is 0.0589. The number of methoxy groups -OCH3 is 1. The standard InChI is InChI=1S/C15H21N3O2/c1-19-9-10-20-8-6-15(18-16)14-4-2-3-12-11-17-7-5-13(12)14/h2-5,7,11,15,18H,6,8-10,16H2,1H3. The summed E-state index contributed by atoms with van der Waals surface area (Å²) >= 11 is 0. The van der Waals surface area contributed by atoms with Gasteiger partial charge >= 0.3 is 0 Å². The average Bonchev–Trinajstić information content (AvgIpc) is 2.51. The SMILES string of the molecule is COCCOCCC(NN)c1cccc2cnccc12. The van der Waals surface area contributed by atoms with Crippen LogP contribution in [0.2, 0.25) is 0 Å². The Kier molecular flexibility index (Phi) is 5.88. The molecule has 5 nitrogen and oxygen atoms in total. The van der Waals surface area contributed by atoms with Gasteiger partial charge in [0.2, 0.25) is 0 Å². The topological polar surface area (TPSA) is 69.4 Å². The van der Waals surface area contributed by atoms with Crippen molar-refractivity contribution in [2.24, 2.45) is 5.84 Å². The first-order valence-electron chi connectivity index (χ1n) is 6.72. The highest BCUT2D eigenvalue weighted by Crippen LogP contribution is 2.25. The van der Waals surface area contributed by atoms with Gasteiger partial charge in [-0.3, -0.25) is 16.3 Å². The quantitative estimate of drug-likeness (QED) is 0.437. The van der Waals surface area contributed by atoms with E-state index < -0.39 is 0 Å². The second kappa shape index (κ2) is 7.91. The molecule has 5 heteroatoms. The molecule has 0 aliphatic carbocycles. The molecule has 0 radical (unpaired) electrons. The number of pyridine rings is 1. The molecule has 20 heavy (non-hydrogen) atoms. The van der Waals surface area contributed by atoms with Crippen molar-refractivity contribution in [2.45, 2.75) is 12.5 Å². The summed E-state index contributed by atoms with van der Waals surface area (Å²) in [5.41, 5.74) is 4.04. The van der Waals surface area contributed by atoms with Crippen molar-refractivity contribution in [3.05, 3.63) is 42.2 Å². The van der Waals surface area contributed by atoms with E-state index in [4.69, 9.17) is 15.3 Å². The zero-order valence-electron chi connectivity index (χ0n) is 11.7. The van der Waals surface area contributed by atoms with Gasteiger partial charge in [-0.05, 0) is 23.4 Å². The largest absolute Gasteiger partial charge is 0.382 e. The predicted molar refractivity (Wildman–Crippen MR) is 79.1 cm³/mol. The number of hydrogen-bond acceptors (Lipinski definition) is 5. The highest BCUT2D eigenvalue weighted by molar-refractivity contribution is 5.85. The van der Waals surface area contributed by atoms with E-state index in [0.29, 0.717) is 19.8 Å². The van der Waals surface area contributed by atoms with Gasteiger partial charge in [0.05, 0.1) is 13.2 Å². The van der Waals surface area contributed by atoms with Gasteiger partial charge in [0.1, 0.15) is 0 Å². The Hall–Kier alpha value is -1.53. The van der Waals surface area contributed by atoms with Gasteiger partial charge in [0.15, 0.2) is 0 Å². The van der Waals surface area contributed by atoms with E-state index in [1.54, 1.807) is 13.3 Å². The predicted octanol–water partition coefficient (Wildman–Crippen LogP) is 1.79. The molecule has 0 aliphatic rings. The number of nitrogens with two attached hydrogens (primary N) is 1. The molecule has 0 amide bonds. The Morgan fingerprint density at radius 2 is 2.15 bits per heavy atom. The Labute approximate surface area is 119 Å². The highest BCUT2D eigenvalue weighted by atomic mass is 16.5. The van der Waals surface area contributed by atoms with E-state index in [1.807, 2.05) is 18.3 Å². The number of nitrogens with one attached hydrogen (secondary N) is 1. The molecule has 0 saturated carbocycles. The average molecular weight is 275 g/mol. The summed E-state index contributed by atoms with van der Waals surface area (Å²) < 4.78 is 10.5. The number of benzene rings is 1. The van der Waals surface area contributed by atoms with Crippen molar-refractivity contribution < 1.29 is 9.47 Å². The number of fused-ring (bicyclic) bond motifs is 1. The number of hydrazine groups is 1. The van der Waals surface area contributed by atoms with Crippen molar-refractivity contribution >= 4 is 10.8 Å². The van der Waals surface area contributed by atoms with E-state index in [0.717, 1.165) is 11.8 Å². The Morgan fingerprint density at radius 1 is 1.25 bits per heavy atom. The second-order valence-corrected chi connectivity index (χ2v) is 4.56. The maximum atomic E-state index is 5.69. The van der Waals surface area contributed by atoms with Gasteiger partial charge in [-0.2, -0.15) is 0 Å². The molecule has 0 spiro atoms. The second-order valence-electron chi connectivity index (χ2n) is 4.56. The first kappa shape index (κ1) is 14.9. The summed E-state index contributed by atoms with van der Waals surface area (Å²) in [6, 6.07) is 8.23. The molecule has 0 aliphatic heterocycles. The summed E-state index contributed by atoms with van der Waals surface area (Å²) in [7, 11) is 1.66. The third-order valence-corrected chi connectivity index (χ3v) is 3.27. The number of aromatic nitrogens is 1. The number of rotatable bonds is 8. The molecular weight excluding hydrogens is 254 g/mol. The van der Waals surface area contributed by atoms with E-state index in [9.17, 15) is 0 Å². The van der Waals surface area contributed by atoms with Crippen LogP contribution in [0.1, 0.15) is 18.0 Å². The normalized spacial score (nSPS) is 12.7. The first-order chi connectivity index (χ1) is 9.86. The van der Waals surface area contributed by atoms with Crippen LogP contribution in [0.25, 0.3) is 10.8 Å². The zero-order chi connectivity index (χ0) is 14.2. The molecule has 1 aromatic heterocycles. The third-order valence-electron chi connectivity index (χ3n) is 3.27. The van der Waals surface area contributed by atoms with E-state index in [2.05, 4.69) is 22.5 Å². The molecule has 3 N–H and O–H groups in total. The van der Waals surface area contributed by atoms with Crippen LogP contribution < -0.4 is 11.3 Å². The summed E-state index contributed by atoms with van der Waals surface area (Å²) in [6.07, 6.45) is 4.47. The third kappa shape index (κ3) is 3.74. The summed E-state index contributed by atoms with van der Waals surface area (Å²) in [5, 5.41) is 2.29. The van der Waals surface area contributed by atoms with Crippen LogP contribution in [0.15, 0.2) is 36.7 Å². The van der Waals surface area contributed by atoms with Crippen molar-refractivity contribution in [1.82, 2.24) is 10.4 Å². The van der Waals surface area contributed by atoms with Crippen molar-refractivity contribution in [3.8, 4) is 0 Å². The summed E-state index contributed by atoms with van der Waals surface area (Å²) in [4.78, 5) is 4.14. The maximum absolute atomic E-state index is 5.69. The van der Waals surface area contributed by atoms with Crippen LogP contribution in [0.5, 0.6) is 0 Å². The molecule has 1 atom stereocenters. The van der Waals surface area contributed by atoms with E-state index >= 15 is 0 Å². The highest BCUT2D eigenvalue weighted by Gasteiger charge is 2.12. The molecule has 0 fully saturated rings. The molecule has 1 aromatic carbocycles. The Morgan fingerprint density at radius 3 is 2.95 bits per heavy atom.